The van der Waals surface area contributed by atoms with Gasteiger partial charge >= 0.3 is 0 Å². The van der Waals surface area contributed by atoms with Crippen molar-refractivity contribution in [2.75, 3.05) is 5.32 Å². The molecule has 0 saturated heterocycles. The van der Waals surface area contributed by atoms with Crippen molar-refractivity contribution in [1.29, 1.82) is 0 Å². The standard InChI is InChI=1S/C11H7BrCl2FN3/c1-5-2-6(12)9(3-7(5)13)17-10-8(15)4-16-11(14)18-10/h2-4H,1H3,(H,16,17,18). The maximum Gasteiger partial charge on any atom is 0.224 e. The summed E-state index contributed by atoms with van der Waals surface area (Å²) in [4.78, 5) is 7.30. The van der Waals surface area contributed by atoms with Crippen LogP contribution in [0.1, 0.15) is 5.56 Å². The number of benzene rings is 1. The van der Waals surface area contributed by atoms with E-state index in [1.807, 2.05) is 13.0 Å². The molecule has 18 heavy (non-hydrogen) atoms. The second-order valence-corrected chi connectivity index (χ2v) is 5.14. The van der Waals surface area contributed by atoms with Crippen LogP contribution in [0.25, 0.3) is 0 Å². The molecule has 0 aliphatic heterocycles. The molecule has 3 nitrogen and oxygen atoms in total. The number of nitrogens with one attached hydrogen (secondary N) is 1. The Morgan fingerprint density at radius 3 is 2.78 bits per heavy atom. The predicted molar refractivity (Wildman–Crippen MR) is 74.2 cm³/mol. The molecule has 0 aliphatic carbocycles. The number of hydrogen-bond acceptors (Lipinski definition) is 3. The van der Waals surface area contributed by atoms with Crippen LogP contribution < -0.4 is 5.32 Å². The van der Waals surface area contributed by atoms with Gasteiger partial charge in [-0.2, -0.15) is 4.98 Å². The average Bonchev–Trinajstić information content (AvgIpc) is 2.30. The van der Waals surface area contributed by atoms with E-state index in [0.717, 1.165) is 16.2 Å². The summed E-state index contributed by atoms with van der Waals surface area (Å²) in [5.41, 5.74) is 1.51. The van der Waals surface area contributed by atoms with Crippen molar-refractivity contribution < 1.29 is 4.39 Å². The second-order valence-electron chi connectivity index (χ2n) is 3.54. The van der Waals surface area contributed by atoms with Gasteiger partial charge in [0.2, 0.25) is 5.28 Å². The molecule has 2 rings (SSSR count). The molecule has 0 unspecified atom stereocenters. The molecule has 94 valence electrons. The molecule has 7 heteroatoms. The van der Waals surface area contributed by atoms with Crippen LogP contribution in [0.5, 0.6) is 0 Å². The lowest BCUT2D eigenvalue weighted by molar-refractivity contribution is 0.619. The van der Waals surface area contributed by atoms with Gasteiger partial charge in [-0.05, 0) is 52.2 Å². The molecule has 0 atom stereocenters. The fourth-order valence-corrected chi connectivity index (χ4v) is 2.16. The largest absolute Gasteiger partial charge is 0.337 e. The SMILES string of the molecule is Cc1cc(Br)c(Nc2nc(Cl)ncc2F)cc1Cl. The van der Waals surface area contributed by atoms with Gasteiger partial charge in [-0.1, -0.05) is 11.6 Å². The Hall–Kier alpha value is -0.910. The third kappa shape index (κ3) is 2.91. The highest BCUT2D eigenvalue weighted by atomic mass is 79.9. The van der Waals surface area contributed by atoms with Crippen LogP contribution >= 0.6 is 39.1 Å². The molecule has 1 aromatic heterocycles. The van der Waals surface area contributed by atoms with Crippen molar-refractivity contribution in [3.8, 4) is 0 Å². The first kappa shape index (κ1) is 13.5. The summed E-state index contributed by atoms with van der Waals surface area (Å²) in [5, 5.41) is 3.34. The second kappa shape index (κ2) is 5.38. The third-order valence-electron chi connectivity index (χ3n) is 2.22. The number of aryl methyl sites for hydroxylation is 1. The van der Waals surface area contributed by atoms with Gasteiger partial charge in [0.15, 0.2) is 11.6 Å². The average molecular weight is 351 g/mol. The minimum Gasteiger partial charge on any atom is -0.337 e. The van der Waals surface area contributed by atoms with Gasteiger partial charge in [-0.3, -0.25) is 0 Å². The van der Waals surface area contributed by atoms with Gasteiger partial charge in [0.25, 0.3) is 0 Å². The molecule has 0 radical (unpaired) electrons. The summed E-state index contributed by atoms with van der Waals surface area (Å²) >= 11 is 15.0. The molecular weight excluding hydrogens is 344 g/mol. The summed E-state index contributed by atoms with van der Waals surface area (Å²) in [7, 11) is 0. The molecule has 1 heterocycles. The van der Waals surface area contributed by atoms with Crippen LogP contribution in [0.3, 0.4) is 0 Å². The highest BCUT2D eigenvalue weighted by Gasteiger charge is 2.10. The number of rotatable bonds is 2. The molecule has 1 aromatic carbocycles. The van der Waals surface area contributed by atoms with Crippen LogP contribution in [0.2, 0.25) is 10.3 Å². The highest BCUT2D eigenvalue weighted by molar-refractivity contribution is 9.10. The minimum atomic E-state index is -0.594. The highest BCUT2D eigenvalue weighted by Crippen LogP contribution is 2.31. The first-order valence-corrected chi connectivity index (χ1v) is 6.43. The van der Waals surface area contributed by atoms with Crippen LogP contribution in [0, 0.1) is 12.7 Å². The van der Waals surface area contributed by atoms with E-state index in [0.29, 0.717) is 10.7 Å². The van der Waals surface area contributed by atoms with E-state index in [1.165, 1.54) is 0 Å². The van der Waals surface area contributed by atoms with Crippen molar-refractivity contribution in [2.24, 2.45) is 0 Å². The van der Waals surface area contributed by atoms with Gasteiger partial charge in [0.1, 0.15) is 0 Å². The van der Waals surface area contributed by atoms with Crippen molar-refractivity contribution in [3.63, 3.8) is 0 Å². The van der Waals surface area contributed by atoms with Crippen molar-refractivity contribution >= 4 is 50.6 Å². The van der Waals surface area contributed by atoms with Crippen LogP contribution in [0.4, 0.5) is 15.9 Å². The lowest BCUT2D eigenvalue weighted by atomic mass is 10.2. The molecule has 0 aliphatic rings. The first-order valence-electron chi connectivity index (χ1n) is 4.88. The number of nitrogens with zero attached hydrogens (tertiary/aromatic N) is 2. The predicted octanol–water partition coefficient (Wildman–Crippen LogP) is 4.74. The van der Waals surface area contributed by atoms with E-state index in [1.54, 1.807) is 6.07 Å². The Morgan fingerprint density at radius 1 is 1.33 bits per heavy atom. The molecule has 0 fully saturated rings. The van der Waals surface area contributed by atoms with E-state index in [-0.39, 0.29) is 11.1 Å². The van der Waals surface area contributed by atoms with E-state index in [9.17, 15) is 4.39 Å². The van der Waals surface area contributed by atoms with E-state index >= 15 is 0 Å². The van der Waals surface area contributed by atoms with Crippen molar-refractivity contribution in [2.45, 2.75) is 6.92 Å². The van der Waals surface area contributed by atoms with Gasteiger partial charge in [-0.25, -0.2) is 9.37 Å². The third-order valence-corrected chi connectivity index (χ3v) is 3.46. The lowest BCUT2D eigenvalue weighted by Gasteiger charge is -2.10. The maximum absolute atomic E-state index is 13.5. The Labute approximate surface area is 121 Å². The summed E-state index contributed by atoms with van der Waals surface area (Å²) in [6, 6.07) is 3.50. The van der Waals surface area contributed by atoms with Crippen LogP contribution in [0.15, 0.2) is 22.8 Å². The van der Waals surface area contributed by atoms with Crippen molar-refractivity contribution in [1.82, 2.24) is 9.97 Å². The van der Waals surface area contributed by atoms with Crippen LogP contribution in [-0.2, 0) is 0 Å². The summed E-state index contributed by atoms with van der Waals surface area (Å²) < 4.78 is 14.2. The van der Waals surface area contributed by atoms with E-state index in [4.69, 9.17) is 23.2 Å². The molecule has 2 aromatic rings. The van der Waals surface area contributed by atoms with Crippen molar-refractivity contribution in [3.05, 3.63) is 44.5 Å². The van der Waals surface area contributed by atoms with E-state index in [2.05, 4.69) is 31.2 Å². The zero-order chi connectivity index (χ0) is 13.3. The quantitative estimate of drug-likeness (QED) is 0.795. The zero-order valence-corrected chi connectivity index (χ0v) is 12.2. The summed E-state index contributed by atoms with van der Waals surface area (Å²) in [6.07, 6.45) is 1.00. The summed E-state index contributed by atoms with van der Waals surface area (Å²) in [5.74, 6) is -0.599. The Balaban J connectivity index is 2.40. The Kier molecular flexibility index (Phi) is 4.04. The first-order chi connectivity index (χ1) is 8.47. The fourth-order valence-electron chi connectivity index (χ4n) is 1.30. The number of hydrogen-bond donors (Lipinski definition) is 1. The lowest BCUT2D eigenvalue weighted by Crippen LogP contribution is -1.99. The fraction of sp³-hybridized carbons (Fsp3) is 0.0909. The van der Waals surface area contributed by atoms with Gasteiger partial charge in [0.05, 0.1) is 11.9 Å². The normalized spacial score (nSPS) is 10.5. The van der Waals surface area contributed by atoms with Crippen LogP contribution in [-0.4, -0.2) is 9.97 Å². The molecular formula is C11H7BrCl2FN3. The van der Waals surface area contributed by atoms with Gasteiger partial charge in [-0.15, -0.1) is 0 Å². The molecule has 1 N–H and O–H groups in total. The Bertz CT molecular complexity index is 607. The summed E-state index contributed by atoms with van der Waals surface area (Å²) in [6.45, 7) is 1.87. The number of halogens is 4. The smallest absolute Gasteiger partial charge is 0.224 e. The van der Waals surface area contributed by atoms with Gasteiger partial charge < -0.3 is 5.32 Å². The number of aromatic nitrogens is 2. The molecule has 0 amide bonds. The molecule has 0 saturated carbocycles. The maximum atomic E-state index is 13.5. The number of anilines is 2. The monoisotopic (exact) mass is 349 g/mol. The Morgan fingerprint density at radius 2 is 2.06 bits per heavy atom. The zero-order valence-electron chi connectivity index (χ0n) is 9.14. The van der Waals surface area contributed by atoms with Gasteiger partial charge in [0, 0.05) is 9.50 Å². The molecule has 0 spiro atoms. The molecule has 0 bridgehead atoms. The van der Waals surface area contributed by atoms with E-state index < -0.39 is 5.82 Å². The minimum absolute atomic E-state index is 0.00406. The topological polar surface area (TPSA) is 37.8 Å².